The molecule has 0 bridgehead atoms. The number of carbonyl (C=O) groups excluding carboxylic acids is 2. The lowest BCUT2D eigenvalue weighted by atomic mass is 9.96. The summed E-state index contributed by atoms with van der Waals surface area (Å²) in [5.74, 6) is -0.586. The molecule has 0 unspecified atom stereocenters. The molecule has 172 valence electrons. The zero-order valence-electron chi connectivity index (χ0n) is 17.9. The van der Waals surface area contributed by atoms with Crippen LogP contribution in [0.3, 0.4) is 0 Å². The number of benzene rings is 1. The zero-order valence-corrected chi connectivity index (χ0v) is 18.8. The van der Waals surface area contributed by atoms with Crippen molar-refractivity contribution in [1.82, 2.24) is 20.8 Å². The molecular formula is C22H27F2N5O2S. The molecule has 32 heavy (non-hydrogen) atoms. The molecule has 0 saturated carbocycles. The van der Waals surface area contributed by atoms with E-state index in [1.807, 2.05) is 19.1 Å². The first-order chi connectivity index (χ1) is 15.4. The highest BCUT2D eigenvalue weighted by atomic mass is 32.2. The molecule has 2 aromatic rings. The Kier molecular flexibility index (Phi) is 8.78. The number of amides is 2. The Hall–Kier alpha value is -2.75. The number of piperidine rings is 1. The number of halogens is 2. The lowest BCUT2D eigenvalue weighted by Gasteiger charge is -2.31. The summed E-state index contributed by atoms with van der Waals surface area (Å²) >= 11 is 1.23. The number of thioether (sulfide) groups is 1. The van der Waals surface area contributed by atoms with Crippen LogP contribution < -0.4 is 15.5 Å². The van der Waals surface area contributed by atoms with E-state index in [1.54, 1.807) is 0 Å². The Bertz CT molecular complexity index is 901. The van der Waals surface area contributed by atoms with Crippen molar-refractivity contribution in [3.8, 4) is 0 Å². The topological polar surface area (TPSA) is 87.2 Å². The quantitative estimate of drug-likeness (QED) is 0.556. The van der Waals surface area contributed by atoms with Crippen molar-refractivity contribution in [2.75, 3.05) is 30.3 Å². The fourth-order valence-corrected chi connectivity index (χ4v) is 4.07. The van der Waals surface area contributed by atoms with Gasteiger partial charge in [0.05, 0.1) is 5.75 Å². The van der Waals surface area contributed by atoms with E-state index in [4.69, 9.17) is 0 Å². The molecule has 3 rings (SSSR count). The Morgan fingerprint density at radius 3 is 2.44 bits per heavy atom. The summed E-state index contributed by atoms with van der Waals surface area (Å²) < 4.78 is 26.4. The van der Waals surface area contributed by atoms with E-state index in [9.17, 15) is 18.4 Å². The van der Waals surface area contributed by atoms with Crippen molar-refractivity contribution in [2.24, 2.45) is 5.92 Å². The maximum Gasteiger partial charge on any atom is 0.230 e. The van der Waals surface area contributed by atoms with Gasteiger partial charge in [0.1, 0.15) is 16.7 Å². The summed E-state index contributed by atoms with van der Waals surface area (Å²) in [6, 6.07) is 6.82. The third-order valence-electron chi connectivity index (χ3n) is 5.13. The van der Waals surface area contributed by atoms with Crippen LogP contribution in [0.25, 0.3) is 0 Å². The number of anilines is 1. The molecule has 1 aliphatic rings. The lowest BCUT2D eigenvalue weighted by molar-refractivity contribution is -0.125. The van der Waals surface area contributed by atoms with E-state index in [2.05, 4.69) is 25.7 Å². The monoisotopic (exact) mass is 463 g/mol. The molecule has 1 aromatic carbocycles. The van der Waals surface area contributed by atoms with Gasteiger partial charge in [-0.2, -0.15) is 0 Å². The Balaban J connectivity index is 1.41. The molecule has 2 amide bonds. The van der Waals surface area contributed by atoms with Crippen molar-refractivity contribution < 1.29 is 18.4 Å². The van der Waals surface area contributed by atoms with Gasteiger partial charge in [0.15, 0.2) is 5.82 Å². The summed E-state index contributed by atoms with van der Waals surface area (Å²) in [6.07, 6.45) is 2.49. The normalized spacial score (nSPS) is 14.3. The number of nitrogens with zero attached hydrogens (tertiary/aromatic N) is 3. The van der Waals surface area contributed by atoms with Crippen LogP contribution in [0.2, 0.25) is 0 Å². The van der Waals surface area contributed by atoms with E-state index >= 15 is 0 Å². The second kappa shape index (κ2) is 11.8. The fraction of sp³-hybridized carbons (Fsp3) is 0.455. The SMILES string of the molecule is CCCNC(=O)C1CCN(c2ccc(SCC(=O)NCc3cc(F)cc(F)c3)nn2)CC1. The Labute approximate surface area is 190 Å². The first-order valence-electron chi connectivity index (χ1n) is 10.7. The van der Waals surface area contributed by atoms with Crippen molar-refractivity contribution in [3.05, 3.63) is 47.5 Å². The summed E-state index contributed by atoms with van der Waals surface area (Å²) in [4.78, 5) is 26.2. The van der Waals surface area contributed by atoms with Gasteiger partial charge in [-0.25, -0.2) is 8.78 Å². The van der Waals surface area contributed by atoms with E-state index in [0.717, 1.165) is 44.2 Å². The maximum atomic E-state index is 13.2. The summed E-state index contributed by atoms with van der Waals surface area (Å²) in [6.45, 7) is 4.28. The molecule has 10 heteroatoms. The molecular weight excluding hydrogens is 436 g/mol. The average Bonchev–Trinajstić information content (AvgIpc) is 2.79. The second-order valence-corrected chi connectivity index (χ2v) is 8.62. The van der Waals surface area contributed by atoms with Gasteiger partial charge < -0.3 is 15.5 Å². The smallest absolute Gasteiger partial charge is 0.230 e. The van der Waals surface area contributed by atoms with Gasteiger partial charge in [0, 0.05) is 38.2 Å². The van der Waals surface area contributed by atoms with Gasteiger partial charge in [-0.05, 0) is 49.1 Å². The highest BCUT2D eigenvalue weighted by molar-refractivity contribution is 7.99. The molecule has 1 saturated heterocycles. The zero-order chi connectivity index (χ0) is 22.9. The molecule has 0 radical (unpaired) electrons. The van der Waals surface area contributed by atoms with Gasteiger partial charge >= 0.3 is 0 Å². The molecule has 1 aromatic heterocycles. The first kappa shape index (κ1) is 23.9. The van der Waals surface area contributed by atoms with Crippen LogP contribution in [0.15, 0.2) is 35.4 Å². The van der Waals surface area contributed by atoms with Gasteiger partial charge in [-0.1, -0.05) is 18.7 Å². The summed E-state index contributed by atoms with van der Waals surface area (Å²) in [5, 5.41) is 14.6. The molecule has 0 aliphatic carbocycles. The lowest BCUT2D eigenvalue weighted by Crippen LogP contribution is -2.41. The van der Waals surface area contributed by atoms with E-state index in [0.29, 0.717) is 17.1 Å². The van der Waals surface area contributed by atoms with Crippen LogP contribution in [-0.2, 0) is 16.1 Å². The highest BCUT2D eigenvalue weighted by Crippen LogP contribution is 2.23. The van der Waals surface area contributed by atoms with E-state index in [-0.39, 0.29) is 30.0 Å². The average molecular weight is 464 g/mol. The predicted octanol–water partition coefficient (Wildman–Crippen LogP) is 2.91. The van der Waals surface area contributed by atoms with Gasteiger partial charge in [0.25, 0.3) is 0 Å². The van der Waals surface area contributed by atoms with Crippen LogP contribution in [0.4, 0.5) is 14.6 Å². The molecule has 0 spiro atoms. The molecule has 1 aliphatic heterocycles. The molecule has 0 atom stereocenters. The van der Waals surface area contributed by atoms with Crippen molar-refractivity contribution >= 4 is 29.4 Å². The van der Waals surface area contributed by atoms with Crippen molar-refractivity contribution in [1.29, 1.82) is 0 Å². The number of aromatic nitrogens is 2. The molecule has 7 nitrogen and oxygen atoms in total. The molecule has 1 fully saturated rings. The second-order valence-electron chi connectivity index (χ2n) is 7.63. The minimum Gasteiger partial charge on any atom is -0.356 e. The van der Waals surface area contributed by atoms with E-state index < -0.39 is 11.6 Å². The van der Waals surface area contributed by atoms with Gasteiger partial charge in [-0.15, -0.1) is 10.2 Å². The van der Waals surface area contributed by atoms with Crippen LogP contribution in [0.1, 0.15) is 31.7 Å². The number of hydrogen-bond acceptors (Lipinski definition) is 6. The van der Waals surface area contributed by atoms with E-state index in [1.165, 1.54) is 23.9 Å². The predicted molar refractivity (Wildman–Crippen MR) is 119 cm³/mol. The van der Waals surface area contributed by atoms with Gasteiger partial charge in [0.2, 0.25) is 11.8 Å². The van der Waals surface area contributed by atoms with Crippen LogP contribution in [-0.4, -0.2) is 47.4 Å². The molecule has 2 heterocycles. The first-order valence-corrected chi connectivity index (χ1v) is 11.6. The van der Waals surface area contributed by atoms with Crippen molar-refractivity contribution in [3.63, 3.8) is 0 Å². The van der Waals surface area contributed by atoms with Crippen molar-refractivity contribution in [2.45, 2.75) is 37.8 Å². The Morgan fingerprint density at radius 1 is 1.09 bits per heavy atom. The standard InChI is InChI=1S/C22H27F2N5O2S/c1-2-7-25-22(31)16-5-8-29(9-6-16)19-3-4-21(28-27-19)32-14-20(30)26-13-15-10-17(23)12-18(24)11-15/h3-4,10-12,16H,2,5-9,13-14H2,1H3,(H,25,31)(H,26,30). The minimum atomic E-state index is -0.678. The number of rotatable bonds is 9. The van der Waals surface area contributed by atoms with Crippen LogP contribution in [0.5, 0.6) is 0 Å². The third-order valence-corrected chi connectivity index (χ3v) is 6.05. The largest absolute Gasteiger partial charge is 0.356 e. The number of nitrogens with one attached hydrogen (secondary N) is 2. The summed E-state index contributed by atoms with van der Waals surface area (Å²) in [5.41, 5.74) is 0.358. The van der Waals surface area contributed by atoms with Gasteiger partial charge in [-0.3, -0.25) is 9.59 Å². The van der Waals surface area contributed by atoms with Crippen LogP contribution in [0, 0.1) is 17.6 Å². The maximum absolute atomic E-state index is 13.2. The number of carbonyl (C=O) groups is 2. The van der Waals surface area contributed by atoms with Crippen LogP contribution >= 0.6 is 11.8 Å². The highest BCUT2D eigenvalue weighted by Gasteiger charge is 2.25. The summed E-state index contributed by atoms with van der Waals surface area (Å²) in [7, 11) is 0. The minimum absolute atomic E-state index is 0.0444. The molecule has 2 N–H and O–H groups in total. The Morgan fingerprint density at radius 2 is 1.81 bits per heavy atom. The third kappa shape index (κ3) is 7.15. The fourth-order valence-electron chi connectivity index (χ4n) is 3.43. The number of hydrogen-bond donors (Lipinski definition) is 2.